The van der Waals surface area contributed by atoms with E-state index in [1.165, 1.54) is 6.33 Å². The smallest absolute Gasteiger partial charge is 0.330 e. The van der Waals surface area contributed by atoms with Crippen molar-refractivity contribution in [3.05, 3.63) is 40.3 Å². The van der Waals surface area contributed by atoms with Crippen LogP contribution in [0.25, 0.3) is 16.8 Å². The molecule has 4 bridgehead atoms. The minimum Gasteiger partial charge on any atom is -0.481 e. The fourth-order valence-corrected chi connectivity index (χ4v) is 7.39. The van der Waals surface area contributed by atoms with Gasteiger partial charge in [0, 0.05) is 19.2 Å². The maximum atomic E-state index is 13.4. The second kappa shape index (κ2) is 7.03. The lowest BCUT2D eigenvalue weighted by atomic mass is 9.48. The van der Waals surface area contributed by atoms with Crippen LogP contribution in [0.5, 0.6) is 0 Å². The molecule has 2 atom stereocenters. The highest BCUT2D eigenvalue weighted by Gasteiger charge is 2.59. The number of aliphatic carboxylic acids is 1. The number of nitrogens with zero attached hydrogens (tertiary/aromatic N) is 7. The molecule has 0 aromatic carbocycles. The van der Waals surface area contributed by atoms with Crippen molar-refractivity contribution in [2.24, 2.45) is 30.2 Å². The van der Waals surface area contributed by atoms with Crippen molar-refractivity contribution in [1.29, 1.82) is 0 Å². The summed E-state index contributed by atoms with van der Waals surface area (Å²) in [5.74, 6) is 0.346. The number of carbonyl (C=O) groups is 1. The highest BCUT2D eigenvalue weighted by atomic mass is 35.5. The first-order valence-corrected chi connectivity index (χ1v) is 12.1. The molecule has 4 fully saturated rings. The maximum absolute atomic E-state index is 13.4. The Kier molecular flexibility index (Phi) is 4.19. The largest absolute Gasteiger partial charge is 0.481 e. The van der Waals surface area contributed by atoms with Crippen molar-refractivity contribution in [2.75, 3.05) is 5.32 Å². The minimum absolute atomic E-state index is 0.0620. The molecule has 0 spiro atoms. The number of carboxylic acid groups (broad SMARTS) is 1. The van der Waals surface area contributed by atoms with Crippen LogP contribution < -0.4 is 11.0 Å². The lowest BCUT2D eigenvalue weighted by Crippen LogP contribution is -2.55. The molecule has 2 unspecified atom stereocenters. The van der Waals surface area contributed by atoms with Gasteiger partial charge in [0.2, 0.25) is 5.95 Å². The van der Waals surface area contributed by atoms with Gasteiger partial charge in [0.25, 0.3) is 0 Å². The third-order valence-electron chi connectivity index (χ3n) is 8.42. The number of aromatic nitrogens is 7. The third kappa shape index (κ3) is 2.90. The van der Waals surface area contributed by atoms with Gasteiger partial charge >= 0.3 is 11.7 Å². The number of fused-ring (bicyclic) bond motifs is 2. The maximum Gasteiger partial charge on any atom is 0.330 e. The van der Waals surface area contributed by atoms with Crippen LogP contribution in [-0.2, 0) is 11.8 Å². The van der Waals surface area contributed by atoms with Crippen molar-refractivity contribution < 1.29 is 9.90 Å². The minimum atomic E-state index is -0.685. The molecule has 4 heterocycles. The summed E-state index contributed by atoms with van der Waals surface area (Å²) in [7, 11) is 1.72. The Hall–Kier alpha value is -3.47. The highest BCUT2D eigenvalue weighted by molar-refractivity contribution is 6.33. The van der Waals surface area contributed by atoms with Crippen LogP contribution in [0.4, 0.5) is 11.6 Å². The van der Waals surface area contributed by atoms with E-state index in [9.17, 15) is 14.7 Å². The Bertz CT molecular complexity index is 1570. The van der Waals surface area contributed by atoms with Crippen molar-refractivity contribution in [3.63, 3.8) is 0 Å². The van der Waals surface area contributed by atoms with E-state index < -0.39 is 11.4 Å². The summed E-state index contributed by atoms with van der Waals surface area (Å²) in [5, 5.41) is 17.7. The van der Waals surface area contributed by atoms with Crippen molar-refractivity contribution in [2.45, 2.75) is 38.1 Å². The van der Waals surface area contributed by atoms with E-state index in [0.717, 1.165) is 19.3 Å². The number of aryl methyl sites for hydroxylation is 1. The first-order valence-electron chi connectivity index (χ1n) is 11.8. The van der Waals surface area contributed by atoms with Gasteiger partial charge < -0.3 is 10.4 Å². The summed E-state index contributed by atoms with van der Waals surface area (Å²) in [6, 6.07) is 1.63. The Labute approximate surface area is 203 Å². The van der Waals surface area contributed by atoms with Gasteiger partial charge in [-0.1, -0.05) is 11.6 Å². The molecule has 0 aliphatic heterocycles. The lowest BCUT2D eigenvalue weighted by molar-refractivity contribution is -0.169. The van der Waals surface area contributed by atoms with Crippen LogP contribution in [0.15, 0.2) is 29.6 Å². The number of halogens is 1. The number of nitrogens with one attached hydrogen (secondary N) is 1. The van der Waals surface area contributed by atoms with Gasteiger partial charge in [-0.2, -0.15) is 10.1 Å². The van der Waals surface area contributed by atoms with Gasteiger partial charge in [-0.25, -0.2) is 19.3 Å². The molecule has 0 saturated heterocycles. The van der Waals surface area contributed by atoms with Crippen LogP contribution in [0.2, 0.25) is 5.02 Å². The predicted molar refractivity (Wildman–Crippen MR) is 127 cm³/mol. The zero-order valence-corrected chi connectivity index (χ0v) is 19.7. The lowest BCUT2D eigenvalue weighted by Gasteiger charge is -2.58. The first-order chi connectivity index (χ1) is 16.8. The number of carboxylic acids is 1. The molecule has 4 aliphatic rings. The van der Waals surface area contributed by atoms with Gasteiger partial charge in [0.1, 0.15) is 11.8 Å². The normalized spacial score (nSPS) is 29.3. The molecule has 180 valence electrons. The Morgan fingerprint density at radius 1 is 1.23 bits per heavy atom. The first kappa shape index (κ1) is 20.9. The van der Waals surface area contributed by atoms with E-state index in [1.54, 1.807) is 39.2 Å². The summed E-state index contributed by atoms with van der Waals surface area (Å²) in [4.78, 5) is 38.9. The van der Waals surface area contributed by atoms with E-state index in [1.807, 2.05) is 0 Å². The summed E-state index contributed by atoms with van der Waals surface area (Å²) in [6.07, 6.45) is 8.71. The molecule has 2 N–H and O–H groups in total. The van der Waals surface area contributed by atoms with E-state index in [0.29, 0.717) is 52.2 Å². The quantitative estimate of drug-likeness (QED) is 0.442. The third-order valence-corrected chi connectivity index (χ3v) is 8.73. The van der Waals surface area contributed by atoms with Crippen LogP contribution >= 0.6 is 11.6 Å². The SMILES string of the molecule is Cn1c(=O)n(C2C3CC4CC2CC(C(=O)O)(C4)C3)c2nc(Nc3cn4ncnc4cc3Cl)ncc21. The molecule has 4 aromatic heterocycles. The second-order valence-electron chi connectivity index (χ2n) is 10.4. The number of rotatable bonds is 4. The Morgan fingerprint density at radius 2 is 2.00 bits per heavy atom. The molecule has 4 aromatic rings. The summed E-state index contributed by atoms with van der Waals surface area (Å²) < 4.78 is 4.97. The Morgan fingerprint density at radius 3 is 2.74 bits per heavy atom. The number of pyridine rings is 1. The highest BCUT2D eigenvalue weighted by Crippen LogP contribution is 2.63. The van der Waals surface area contributed by atoms with Gasteiger partial charge in [0.05, 0.1) is 28.5 Å². The monoisotopic (exact) mass is 494 g/mol. The molecule has 8 rings (SSSR count). The number of hydrogen-bond donors (Lipinski definition) is 2. The molecular weight excluding hydrogens is 472 g/mol. The zero-order chi connectivity index (χ0) is 24.1. The van der Waals surface area contributed by atoms with Gasteiger partial charge in [-0.05, 0) is 49.9 Å². The molecule has 0 amide bonds. The molecule has 11 nitrogen and oxygen atoms in total. The summed E-state index contributed by atoms with van der Waals surface area (Å²) in [6.45, 7) is 0. The van der Waals surface area contributed by atoms with E-state index in [-0.39, 0.29) is 23.6 Å². The standard InChI is InChI=1S/C23H23ClN8O3/c1-30-16-8-25-21(28-15-9-31-17(4-14(15)24)26-10-27-31)29-19(16)32(22(30)35)18-12-2-11-3-13(18)7-23(5-11,6-12)20(33)34/h4,8-13,18H,2-3,5-7H2,1H3,(H,33,34)(H,25,28,29). The molecule has 0 radical (unpaired) electrons. The van der Waals surface area contributed by atoms with Gasteiger partial charge in [-0.3, -0.25) is 13.9 Å². The molecule has 35 heavy (non-hydrogen) atoms. The average Bonchev–Trinajstić information content (AvgIpc) is 3.36. The van der Waals surface area contributed by atoms with Crippen molar-refractivity contribution >= 4 is 46.0 Å². The van der Waals surface area contributed by atoms with Crippen LogP contribution in [0, 0.1) is 23.2 Å². The molecule has 4 aliphatic carbocycles. The average molecular weight is 495 g/mol. The number of anilines is 2. The summed E-state index contributed by atoms with van der Waals surface area (Å²) >= 11 is 6.43. The van der Waals surface area contributed by atoms with Gasteiger partial charge in [-0.15, -0.1) is 0 Å². The number of imidazole rings is 1. The number of hydrogen-bond acceptors (Lipinski definition) is 7. The fraction of sp³-hybridized carbons (Fsp3) is 0.478. The zero-order valence-electron chi connectivity index (χ0n) is 18.9. The predicted octanol–water partition coefficient (Wildman–Crippen LogP) is 3.02. The molecule has 4 saturated carbocycles. The van der Waals surface area contributed by atoms with Crippen molar-refractivity contribution in [1.82, 2.24) is 33.7 Å². The van der Waals surface area contributed by atoms with E-state index in [2.05, 4.69) is 20.4 Å². The molecular formula is C23H23ClN8O3. The van der Waals surface area contributed by atoms with Crippen LogP contribution in [0.3, 0.4) is 0 Å². The van der Waals surface area contributed by atoms with E-state index in [4.69, 9.17) is 16.6 Å². The van der Waals surface area contributed by atoms with Crippen LogP contribution in [-0.4, -0.2) is 44.8 Å². The topological polar surface area (TPSA) is 132 Å². The Balaban J connectivity index is 1.31. The molecule has 12 heteroatoms. The summed E-state index contributed by atoms with van der Waals surface area (Å²) in [5.41, 5.74) is 1.59. The van der Waals surface area contributed by atoms with Crippen LogP contribution in [0.1, 0.15) is 38.1 Å². The fourth-order valence-electron chi connectivity index (χ4n) is 7.19. The van der Waals surface area contributed by atoms with Crippen molar-refractivity contribution in [3.8, 4) is 0 Å². The second-order valence-corrected chi connectivity index (χ2v) is 10.8. The van der Waals surface area contributed by atoms with Gasteiger partial charge in [0.15, 0.2) is 11.3 Å². The van der Waals surface area contributed by atoms with E-state index >= 15 is 0 Å².